The molecule has 3 rings (SSSR count). The van der Waals surface area contributed by atoms with E-state index in [9.17, 15) is 4.79 Å². The van der Waals surface area contributed by atoms with E-state index >= 15 is 0 Å². The largest absolute Gasteiger partial charge is 0.351 e. The maximum absolute atomic E-state index is 12.5. The van der Waals surface area contributed by atoms with Crippen LogP contribution in [0.3, 0.4) is 0 Å². The molecule has 2 aromatic heterocycles. The molecule has 0 saturated carbocycles. The summed E-state index contributed by atoms with van der Waals surface area (Å²) in [7, 11) is 0. The van der Waals surface area contributed by atoms with Crippen molar-refractivity contribution in [3.05, 3.63) is 29.2 Å². The Labute approximate surface area is 115 Å². The van der Waals surface area contributed by atoms with Crippen LogP contribution in [0, 0.1) is 13.8 Å². The summed E-state index contributed by atoms with van der Waals surface area (Å²) in [5.74, 6) is 1.15. The second-order valence-electron chi connectivity index (χ2n) is 5.02. The van der Waals surface area contributed by atoms with Crippen molar-refractivity contribution in [2.75, 3.05) is 6.54 Å². The van der Waals surface area contributed by atoms with Gasteiger partial charge in [0.15, 0.2) is 5.82 Å². The Hall–Kier alpha value is -2.18. The normalized spacial score (nSPS) is 19.3. The molecular formula is C13H16N4O3. The highest BCUT2D eigenvalue weighted by atomic mass is 16.5. The first kappa shape index (κ1) is 12.8. The summed E-state index contributed by atoms with van der Waals surface area (Å²) < 4.78 is 10.3. The molecule has 7 nitrogen and oxygen atoms in total. The molecule has 0 bridgehead atoms. The molecule has 106 valence electrons. The van der Waals surface area contributed by atoms with Crippen molar-refractivity contribution in [3.8, 4) is 0 Å². The molecule has 1 atom stereocenters. The van der Waals surface area contributed by atoms with Crippen LogP contribution in [0.25, 0.3) is 0 Å². The van der Waals surface area contributed by atoms with Gasteiger partial charge in [-0.2, -0.15) is 4.98 Å². The van der Waals surface area contributed by atoms with E-state index in [1.165, 1.54) is 0 Å². The van der Waals surface area contributed by atoms with Crippen molar-refractivity contribution in [3.63, 3.8) is 0 Å². The number of aromatic nitrogens is 3. The zero-order chi connectivity index (χ0) is 14.1. The average molecular weight is 276 g/mol. The fraction of sp³-hybridized carbons (Fsp3) is 0.538. The lowest BCUT2D eigenvalue weighted by molar-refractivity contribution is 0.0520. The van der Waals surface area contributed by atoms with E-state index in [0.29, 0.717) is 24.0 Å². The SMILES string of the molecule is Cc1cc(C(=O)N2CCCCC2c2nc(C)no2)on1. The van der Waals surface area contributed by atoms with Gasteiger partial charge < -0.3 is 13.9 Å². The molecule has 1 saturated heterocycles. The number of hydrogen-bond donors (Lipinski definition) is 0. The Morgan fingerprint density at radius 3 is 2.80 bits per heavy atom. The van der Waals surface area contributed by atoms with Crippen molar-refractivity contribution in [1.82, 2.24) is 20.2 Å². The maximum atomic E-state index is 12.5. The third-order valence-electron chi connectivity index (χ3n) is 3.43. The molecule has 2 aromatic rings. The standard InChI is InChI=1S/C13H16N4O3/c1-8-7-11(19-15-8)13(18)17-6-4-3-5-10(17)12-14-9(2)16-20-12/h7,10H,3-6H2,1-2H3. The Morgan fingerprint density at radius 1 is 1.30 bits per heavy atom. The molecule has 0 radical (unpaired) electrons. The summed E-state index contributed by atoms with van der Waals surface area (Å²) in [5.41, 5.74) is 0.690. The number of carbonyl (C=O) groups is 1. The van der Waals surface area contributed by atoms with Crippen LogP contribution in [0.5, 0.6) is 0 Å². The van der Waals surface area contributed by atoms with Gasteiger partial charge in [0, 0.05) is 12.6 Å². The quantitative estimate of drug-likeness (QED) is 0.834. The van der Waals surface area contributed by atoms with Gasteiger partial charge in [-0.1, -0.05) is 10.3 Å². The van der Waals surface area contributed by atoms with Gasteiger partial charge in [-0.15, -0.1) is 0 Å². The number of hydrogen-bond acceptors (Lipinski definition) is 6. The van der Waals surface area contributed by atoms with E-state index in [1.54, 1.807) is 24.8 Å². The molecule has 0 spiro atoms. The summed E-state index contributed by atoms with van der Waals surface area (Å²) in [5, 5.41) is 7.56. The first-order valence-corrected chi connectivity index (χ1v) is 6.69. The molecule has 0 N–H and O–H groups in total. The second kappa shape index (κ2) is 5.07. The molecule has 3 heterocycles. The van der Waals surface area contributed by atoms with Gasteiger partial charge >= 0.3 is 0 Å². The molecule has 20 heavy (non-hydrogen) atoms. The number of piperidine rings is 1. The van der Waals surface area contributed by atoms with Gasteiger partial charge in [0.2, 0.25) is 11.7 Å². The molecule has 1 aliphatic rings. The third-order valence-corrected chi connectivity index (χ3v) is 3.43. The lowest BCUT2D eigenvalue weighted by atomic mass is 10.0. The number of rotatable bonds is 2. The van der Waals surface area contributed by atoms with Gasteiger partial charge in [0.05, 0.1) is 5.69 Å². The molecule has 7 heteroatoms. The van der Waals surface area contributed by atoms with Gasteiger partial charge in [-0.05, 0) is 33.1 Å². The van der Waals surface area contributed by atoms with E-state index in [2.05, 4.69) is 15.3 Å². The molecule has 1 amide bonds. The average Bonchev–Trinajstić information content (AvgIpc) is 3.07. The highest BCUT2D eigenvalue weighted by Crippen LogP contribution is 2.31. The molecule has 0 aromatic carbocycles. The van der Waals surface area contributed by atoms with Crippen LogP contribution in [0.15, 0.2) is 15.1 Å². The summed E-state index contributed by atoms with van der Waals surface area (Å²) in [4.78, 5) is 18.5. The van der Waals surface area contributed by atoms with Crippen molar-refractivity contribution < 1.29 is 13.8 Å². The monoisotopic (exact) mass is 276 g/mol. The van der Waals surface area contributed by atoms with Gasteiger partial charge in [0.25, 0.3) is 5.91 Å². The fourth-order valence-corrected chi connectivity index (χ4v) is 2.49. The third kappa shape index (κ3) is 2.31. The van der Waals surface area contributed by atoms with Crippen molar-refractivity contribution in [1.29, 1.82) is 0 Å². The number of amides is 1. The van der Waals surface area contributed by atoms with Crippen LogP contribution in [-0.4, -0.2) is 32.6 Å². The van der Waals surface area contributed by atoms with Crippen LogP contribution in [0.1, 0.15) is 53.3 Å². The van der Waals surface area contributed by atoms with E-state index in [1.807, 2.05) is 0 Å². The van der Waals surface area contributed by atoms with Gasteiger partial charge in [-0.3, -0.25) is 4.79 Å². The molecular weight excluding hydrogens is 260 g/mol. The fourth-order valence-electron chi connectivity index (χ4n) is 2.49. The number of aryl methyl sites for hydroxylation is 2. The van der Waals surface area contributed by atoms with Crippen molar-refractivity contribution in [2.45, 2.75) is 39.2 Å². The van der Waals surface area contributed by atoms with Crippen LogP contribution in [0.2, 0.25) is 0 Å². The predicted molar refractivity (Wildman–Crippen MR) is 67.9 cm³/mol. The molecule has 1 unspecified atom stereocenters. The van der Waals surface area contributed by atoms with Crippen molar-refractivity contribution in [2.24, 2.45) is 0 Å². The smallest absolute Gasteiger partial charge is 0.293 e. The van der Waals surface area contributed by atoms with Gasteiger partial charge in [-0.25, -0.2) is 0 Å². The van der Waals surface area contributed by atoms with Crippen LogP contribution < -0.4 is 0 Å². The first-order chi connectivity index (χ1) is 9.65. The second-order valence-corrected chi connectivity index (χ2v) is 5.02. The maximum Gasteiger partial charge on any atom is 0.293 e. The van der Waals surface area contributed by atoms with Crippen LogP contribution in [0.4, 0.5) is 0 Å². The number of likely N-dealkylation sites (tertiary alicyclic amines) is 1. The minimum Gasteiger partial charge on any atom is -0.351 e. The Kier molecular flexibility index (Phi) is 3.25. The minimum atomic E-state index is -0.178. The number of nitrogens with zero attached hydrogens (tertiary/aromatic N) is 4. The zero-order valence-corrected chi connectivity index (χ0v) is 11.5. The number of carbonyl (C=O) groups excluding carboxylic acids is 1. The van der Waals surface area contributed by atoms with E-state index in [0.717, 1.165) is 19.3 Å². The summed E-state index contributed by atoms with van der Waals surface area (Å²) in [6.45, 7) is 4.21. The molecule has 0 aliphatic carbocycles. The molecule has 1 fully saturated rings. The van der Waals surface area contributed by atoms with E-state index < -0.39 is 0 Å². The van der Waals surface area contributed by atoms with Crippen LogP contribution in [-0.2, 0) is 0 Å². The van der Waals surface area contributed by atoms with Crippen molar-refractivity contribution >= 4 is 5.91 Å². The highest BCUT2D eigenvalue weighted by Gasteiger charge is 2.33. The lowest BCUT2D eigenvalue weighted by Crippen LogP contribution is -2.38. The Morgan fingerprint density at radius 2 is 2.15 bits per heavy atom. The van der Waals surface area contributed by atoms with E-state index in [-0.39, 0.29) is 17.7 Å². The summed E-state index contributed by atoms with van der Waals surface area (Å²) in [6, 6.07) is 1.47. The highest BCUT2D eigenvalue weighted by molar-refractivity contribution is 5.91. The van der Waals surface area contributed by atoms with Gasteiger partial charge in [0.1, 0.15) is 6.04 Å². The zero-order valence-electron chi connectivity index (χ0n) is 11.5. The van der Waals surface area contributed by atoms with E-state index in [4.69, 9.17) is 9.05 Å². The lowest BCUT2D eigenvalue weighted by Gasteiger charge is -2.32. The minimum absolute atomic E-state index is 0.175. The topological polar surface area (TPSA) is 85.3 Å². The Balaban J connectivity index is 1.87. The summed E-state index contributed by atoms with van der Waals surface area (Å²) in [6.07, 6.45) is 2.81. The first-order valence-electron chi connectivity index (χ1n) is 6.69. The summed E-state index contributed by atoms with van der Waals surface area (Å²) >= 11 is 0. The predicted octanol–water partition coefficient (Wildman–Crippen LogP) is 2.04. The van der Waals surface area contributed by atoms with Crippen LogP contribution >= 0.6 is 0 Å². The Bertz CT molecular complexity index is 619. The molecule has 1 aliphatic heterocycles.